The first-order chi connectivity index (χ1) is 8.28. The van der Waals surface area contributed by atoms with Gasteiger partial charge in [-0.3, -0.25) is 0 Å². The van der Waals surface area contributed by atoms with Crippen molar-refractivity contribution in [2.24, 2.45) is 5.92 Å². The molecule has 96 valence electrons. The van der Waals surface area contributed by atoms with Crippen LogP contribution in [0.25, 0.3) is 0 Å². The number of aliphatic hydroxyl groups excluding tert-OH is 1. The van der Waals surface area contributed by atoms with Crippen LogP contribution in [0.15, 0.2) is 4.52 Å². The number of aromatic nitrogens is 2. The molecule has 1 fully saturated rings. The van der Waals surface area contributed by atoms with Crippen molar-refractivity contribution in [2.45, 2.75) is 25.4 Å². The highest BCUT2D eigenvalue weighted by atomic mass is 16.5. The molecule has 2 rings (SSSR count). The molecule has 0 aromatic carbocycles. The number of methoxy groups -OCH3 is 1. The summed E-state index contributed by atoms with van der Waals surface area (Å²) < 4.78 is 15.2. The van der Waals surface area contributed by atoms with E-state index in [1.54, 1.807) is 7.11 Å². The van der Waals surface area contributed by atoms with Crippen LogP contribution >= 0.6 is 0 Å². The molecule has 0 saturated carbocycles. The Kier molecular flexibility index (Phi) is 4.47. The molecule has 17 heavy (non-hydrogen) atoms. The second-order valence-electron chi connectivity index (χ2n) is 4.35. The van der Waals surface area contributed by atoms with Crippen LogP contribution in [0.4, 0.5) is 0 Å². The van der Waals surface area contributed by atoms with Crippen LogP contribution in [0, 0.1) is 5.92 Å². The van der Waals surface area contributed by atoms with E-state index in [-0.39, 0.29) is 6.61 Å². The van der Waals surface area contributed by atoms with Gasteiger partial charge in [-0.1, -0.05) is 5.16 Å². The highest BCUT2D eigenvalue weighted by molar-refractivity contribution is 4.90. The first-order valence-electron chi connectivity index (χ1n) is 5.84. The van der Waals surface area contributed by atoms with Crippen LogP contribution < -0.4 is 0 Å². The standard InChI is InChI=1S/C11H18N2O4/c1-15-7-9(14)5-11-12-10(13-17-11)4-8-2-3-16-6-8/h8-9,14H,2-7H2,1H3. The lowest BCUT2D eigenvalue weighted by Gasteiger charge is -2.04. The van der Waals surface area contributed by atoms with Gasteiger partial charge < -0.3 is 19.1 Å². The van der Waals surface area contributed by atoms with Gasteiger partial charge in [0.1, 0.15) is 0 Å². The van der Waals surface area contributed by atoms with Gasteiger partial charge in [-0.15, -0.1) is 0 Å². The summed E-state index contributed by atoms with van der Waals surface area (Å²) in [5.74, 6) is 1.65. The fourth-order valence-corrected chi connectivity index (χ4v) is 1.91. The number of rotatable bonds is 6. The smallest absolute Gasteiger partial charge is 0.229 e. The maximum atomic E-state index is 9.52. The van der Waals surface area contributed by atoms with E-state index >= 15 is 0 Å². The third-order valence-electron chi connectivity index (χ3n) is 2.77. The molecular formula is C11H18N2O4. The average molecular weight is 242 g/mol. The highest BCUT2D eigenvalue weighted by Gasteiger charge is 2.19. The Hall–Kier alpha value is -0.980. The number of hydrogen-bond acceptors (Lipinski definition) is 6. The largest absolute Gasteiger partial charge is 0.390 e. The number of aliphatic hydroxyl groups is 1. The molecule has 1 aliphatic heterocycles. The van der Waals surface area contributed by atoms with Crippen molar-refractivity contribution < 1.29 is 19.1 Å². The summed E-state index contributed by atoms with van der Waals surface area (Å²) >= 11 is 0. The second-order valence-corrected chi connectivity index (χ2v) is 4.35. The monoisotopic (exact) mass is 242 g/mol. The molecular weight excluding hydrogens is 224 g/mol. The summed E-state index contributed by atoms with van der Waals surface area (Å²) in [5.41, 5.74) is 0. The zero-order valence-corrected chi connectivity index (χ0v) is 9.96. The minimum Gasteiger partial charge on any atom is -0.390 e. The molecule has 2 heterocycles. The fourth-order valence-electron chi connectivity index (χ4n) is 1.91. The SMILES string of the molecule is COCC(O)Cc1nc(CC2CCOC2)no1. The van der Waals surface area contributed by atoms with E-state index in [1.165, 1.54) is 0 Å². The molecule has 1 N–H and O–H groups in total. The summed E-state index contributed by atoms with van der Waals surface area (Å²) in [6, 6.07) is 0. The molecule has 2 atom stereocenters. The Balaban J connectivity index is 1.82. The zero-order valence-electron chi connectivity index (χ0n) is 9.96. The summed E-state index contributed by atoms with van der Waals surface area (Å²) in [6.07, 6.45) is 1.57. The van der Waals surface area contributed by atoms with Crippen molar-refractivity contribution in [3.63, 3.8) is 0 Å². The predicted molar refractivity (Wildman–Crippen MR) is 58.5 cm³/mol. The molecule has 1 aliphatic rings. The van der Waals surface area contributed by atoms with E-state index in [0.717, 1.165) is 26.1 Å². The lowest BCUT2D eigenvalue weighted by Crippen LogP contribution is -2.17. The Bertz CT molecular complexity index is 336. The maximum absolute atomic E-state index is 9.52. The number of hydrogen-bond donors (Lipinski definition) is 1. The Labute approximate surface area is 99.9 Å². The topological polar surface area (TPSA) is 77.6 Å². The van der Waals surface area contributed by atoms with Crippen molar-refractivity contribution in [3.8, 4) is 0 Å². The predicted octanol–water partition coefficient (Wildman–Crippen LogP) is 0.198. The van der Waals surface area contributed by atoms with Crippen molar-refractivity contribution in [3.05, 3.63) is 11.7 Å². The molecule has 0 radical (unpaired) electrons. The minimum absolute atomic E-state index is 0.272. The molecule has 1 saturated heterocycles. The van der Waals surface area contributed by atoms with Gasteiger partial charge in [-0.05, 0) is 12.3 Å². The van der Waals surface area contributed by atoms with Crippen LogP contribution in [0.5, 0.6) is 0 Å². The molecule has 0 aliphatic carbocycles. The van der Waals surface area contributed by atoms with Crippen LogP contribution in [-0.2, 0) is 22.3 Å². The van der Waals surface area contributed by atoms with Crippen LogP contribution in [0.3, 0.4) is 0 Å². The highest BCUT2D eigenvalue weighted by Crippen LogP contribution is 2.16. The van der Waals surface area contributed by atoms with Gasteiger partial charge >= 0.3 is 0 Å². The van der Waals surface area contributed by atoms with Gasteiger partial charge in [0.05, 0.1) is 19.1 Å². The average Bonchev–Trinajstić information content (AvgIpc) is 2.91. The molecule has 6 nitrogen and oxygen atoms in total. The fraction of sp³-hybridized carbons (Fsp3) is 0.818. The first kappa shape index (κ1) is 12.5. The maximum Gasteiger partial charge on any atom is 0.229 e. The van der Waals surface area contributed by atoms with Crippen LogP contribution in [0.2, 0.25) is 0 Å². The van der Waals surface area contributed by atoms with Crippen LogP contribution in [0.1, 0.15) is 18.1 Å². The van der Waals surface area contributed by atoms with Crippen molar-refractivity contribution in [1.29, 1.82) is 0 Å². The first-order valence-corrected chi connectivity index (χ1v) is 5.84. The van der Waals surface area contributed by atoms with E-state index in [4.69, 9.17) is 14.0 Å². The Morgan fingerprint density at radius 2 is 2.47 bits per heavy atom. The lowest BCUT2D eigenvalue weighted by molar-refractivity contribution is 0.0599. The summed E-state index contributed by atoms with van der Waals surface area (Å²) in [5, 5.41) is 13.4. The van der Waals surface area contributed by atoms with Crippen LogP contribution in [-0.4, -0.2) is 48.3 Å². The minimum atomic E-state index is -0.594. The quantitative estimate of drug-likeness (QED) is 0.767. The van der Waals surface area contributed by atoms with E-state index in [0.29, 0.717) is 24.1 Å². The molecule has 0 amide bonds. The molecule has 0 bridgehead atoms. The third kappa shape index (κ3) is 3.76. The number of ether oxygens (including phenoxy) is 2. The van der Waals surface area contributed by atoms with Gasteiger partial charge in [0, 0.05) is 26.7 Å². The summed E-state index contributed by atoms with van der Waals surface area (Å²) in [4.78, 5) is 4.25. The Morgan fingerprint density at radius 1 is 1.59 bits per heavy atom. The lowest BCUT2D eigenvalue weighted by atomic mass is 10.1. The van der Waals surface area contributed by atoms with Crippen molar-refractivity contribution in [2.75, 3.05) is 26.9 Å². The summed E-state index contributed by atoms with van der Waals surface area (Å²) in [7, 11) is 1.54. The van der Waals surface area contributed by atoms with Gasteiger partial charge in [-0.2, -0.15) is 4.98 Å². The zero-order chi connectivity index (χ0) is 12.1. The van der Waals surface area contributed by atoms with Crippen molar-refractivity contribution in [1.82, 2.24) is 10.1 Å². The molecule has 2 unspecified atom stereocenters. The molecule has 0 spiro atoms. The molecule has 1 aromatic rings. The number of nitrogens with zero attached hydrogens (tertiary/aromatic N) is 2. The van der Waals surface area contributed by atoms with E-state index in [1.807, 2.05) is 0 Å². The van der Waals surface area contributed by atoms with E-state index in [2.05, 4.69) is 10.1 Å². The normalized spacial score (nSPS) is 21.9. The molecule has 6 heteroatoms. The van der Waals surface area contributed by atoms with Gasteiger partial charge in [-0.25, -0.2) is 0 Å². The molecule has 1 aromatic heterocycles. The van der Waals surface area contributed by atoms with E-state index in [9.17, 15) is 5.11 Å². The second kappa shape index (κ2) is 6.09. The van der Waals surface area contributed by atoms with Crippen molar-refractivity contribution >= 4 is 0 Å². The van der Waals surface area contributed by atoms with E-state index < -0.39 is 6.10 Å². The van der Waals surface area contributed by atoms with Gasteiger partial charge in [0.15, 0.2) is 5.82 Å². The Morgan fingerprint density at radius 3 is 3.18 bits per heavy atom. The summed E-state index contributed by atoms with van der Waals surface area (Å²) in [6.45, 7) is 1.87. The third-order valence-corrected chi connectivity index (χ3v) is 2.77. The van der Waals surface area contributed by atoms with Gasteiger partial charge in [0.2, 0.25) is 5.89 Å². The van der Waals surface area contributed by atoms with Gasteiger partial charge in [0.25, 0.3) is 0 Å².